The maximum absolute atomic E-state index is 12.5. The number of halogens is 3. The van der Waals surface area contributed by atoms with E-state index in [4.69, 9.17) is 39.3 Å². The zero-order chi connectivity index (χ0) is 13.1. The quantitative estimate of drug-likeness (QED) is 0.659. The summed E-state index contributed by atoms with van der Waals surface area (Å²) in [6, 6.07) is 5.02. The van der Waals surface area contributed by atoms with E-state index in [9.17, 15) is 4.57 Å². The van der Waals surface area contributed by atoms with Gasteiger partial charge in [-0.05, 0) is 18.4 Å². The second kappa shape index (κ2) is 6.51. The van der Waals surface area contributed by atoms with E-state index in [0.717, 1.165) is 11.4 Å². The maximum Gasteiger partial charge on any atom is 0.288 e. The summed E-state index contributed by atoms with van der Waals surface area (Å²) >= 11 is 18.9. The highest BCUT2D eigenvalue weighted by Crippen LogP contribution is 2.69. The van der Waals surface area contributed by atoms with Gasteiger partial charge in [0.15, 0.2) is 0 Å². The van der Waals surface area contributed by atoms with Crippen LogP contribution in [-0.2, 0) is 9.09 Å². The Morgan fingerprint density at radius 2 is 1.94 bits per heavy atom. The SMILES string of the molecule is COP(=O)(SC)C(=CCl)c1c(Cl)cccc1Cl. The molecule has 0 aromatic heterocycles. The van der Waals surface area contributed by atoms with Gasteiger partial charge in [-0.25, -0.2) is 0 Å². The molecule has 0 saturated carbocycles. The minimum absolute atomic E-state index is 0.310. The monoisotopic (exact) mass is 330 g/mol. The lowest BCUT2D eigenvalue weighted by Gasteiger charge is -2.18. The highest BCUT2D eigenvalue weighted by atomic mass is 35.5. The molecule has 1 unspecified atom stereocenters. The van der Waals surface area contributed by atoms with Crippen LogP contribution in [0.15, 0.2) is 23.7 Å². The van der Waals surface area contributed by atoms with Crippen molar-refractivity contribution in [2.24, 2.45) is 0 Å². The van der Waals surface area contributed by atoms with Crippen LogP contribution in [0.25, 0.3) is 5.31 Å². The molecular weight excluding hydrogens is 322 g/mol. The van der Waals surface area contributed by atoms with Crippen molar-refractivity contribution >= 4 is 58.1 Å². The normalized spacial score (nSPS) is 15.7. The van der Waals surface area contributed by atoms with Crippen molar-refractivity contribution in [3.63, 3.8) is 0 Å². The highest BCUT2D eigenvalue weighted by molar-refractivity contribution is 8.59. The first kappa shape index (κ1) is 15.4. The summed E-state index contributed by atoms with van der Waals surface area (Å²) in [4.78, 5) is 0. The van der Waals surface area contributed by atoms with Gasteiger partial charge in [-0.2, -0.15) is 0 Å². The first-order valence-corrected chi connectivity index (χ1v) is 9.11. The summed E-state index contributed by atoms with van der Waals surface area (Å²) in [5.74, 6) is 0. The molecule has 1 rings (SSSR count). The molecule has 0 aliphatic heterocycles. The predicted molar refractivity (Wildman–Crippen MR) is 78.4 cm³/mol. The molecular formula is C10H10Cl3O2PS. The van der Waals surface area contributed by atoms with Crippen molar-refractivity contribution < 1.29 is 9.09 Å². The van der Waals surface area contributed by atoms with E-state index in [1.165, 1.54) is 12.6 Å². The van der Waals surface area contributed by atoms with Gasteiger partial charge in [-0.3, -0.25) is 4.57 Å². The maximum atomic E-state index is 12.5. The van der Waals surface area contributed by atoms with Crippen LogP contribution in [-0.4, -0.2) is 13.4 Å². The third kappa shape index (κ3) is 3.23. The second-order valence-corrected chi connectivity index (χ2v) is 8.73. The Morgan fingerprint density at radius 3 is 2.29 bits per heavy atom. The summed E-state index contributed by atoms with van der Waals surface area (Å²) in [7, 11) is 1.36. The molecule has 1 aromatic rings. The molecule has 0 N–H and O–H groups in total. The van der Waals surface area contributed by atoms with Gasteiger partial charge in [0.25, 0.3) is 6.57 Å². The fraction of sp³-hybridized carbons (Fsp3) is 0.200. The second-order valence-electron chi connectivity index (χ2n) is 2.95. The van der Waals surface area contributed by atoms with Crippen molar-refractivity contribution in [1.29, 1.82) is 0 Å². The summed E-state index contributed by atoms with van der Waals surface area (Å²) in [6.45, 7) is -3.09. The van der Waals surface area contributed by atoms with Crippen LogP contribution in [0.1, 0.15) is 5.56 Å². The van der Waals surface area contributed by atoms with E-state index in [1.807, 2.05) is 0 Å². The lowest BCUT2D eigenvalue weighted by Crippen LogP contribution is -1.90. The van der Waals surface area contributed by atoms with Gasteiger partial charge in [-0.15, -0.1) is 0 Å². The molecule has 0 spiro atoms. The standard InChI is InChI=1S/C10H10Cl3O2PS/c1-15-16(14,17-2)9(6-11)10-7(12)4-3-5-8(10)13/h3-6H,1-2H3. The minimum atomic E-state index is -3.09. The number of hydrogen-bond acceptors (Lipinski definition) is 3. The first-order valence-electron chi connectivity index (χ1n) is 4.47. The molecule has 17 heavy (non-hydrogen) atoms. The molecule has 1 aromatic carbocycles. The summed E-state index contributed by atoms with van der Waals surface area (Å²) < 4.78 is 17.5. The Bertz CT molecular complexity index is 462. The molecule has 0 aliphatic carbocycles. The molecule has 0 aliphatic rings. The van der Waals surface area contributed by atoms with Gasteiger partial charge in [-0.1, -0.05) is 52.3 Å². The average Bonchev–Trinajstić information content (AvgIpc) is 2.33. The Kier molecular flexibility index (Phi) is 5.91. The Hall–Kier alpha value is 0.370. The highest BCUT2D eigenvalue weighted by Gasteiger charge is 2.30. The van der Waals surface area contributed by atoms with Crippen molar-refractivity contribution in [3.8, 4) is 0 Å². The van der Waals surface area contributed by atoms with E-state index < -0.39 is 6.57 Å². The van der Waals surface area contributed by atoms with Gasteiger partial charge in [0, 0.05) is 18.2 Å². The van der Waals surface area contributed by atoms with E-state index in [1.54, 1.807) is 24.5 Å². The number of rotatable bonds is 4. The third-order valence-corrected chi connectivity index (χ3v) is 7.48. The average molecular weight is 332 g/mol. The Labute approximate surface area is 119 Å². The molecule has 0 amide bonds. The predicted octanol–water partition coefficient (Wildman–Crippen LogP) is 5.73. The molecule has 1 atom stereocenters. The van der Waals surface area contributed by atoms with Crippen molar-refractivity contribution in [2.45, 2.75) is 0 Å². The minimum Gasteiger partial charge on any atom is -0.321 e. The van der Waals surface area contributed by atoms with E-state index >= 15 is 0 Å². The lowest BCUT2D eigenvalue weighted by molar-refractivity contribution is 0.419. The molecule has 7 heteroatoms. The van der Waals surface area contributed by atoms with Crippen molar-refractivity contribution in [2.75, 3.05) is 13.4 Å². The van der Waals surface area contributed by atoms with Gasteiger partial charge < -0.3 is 4.52 Å². The molecule has 0 saturated heterocycles. The van der Waals surface area contributed by atoms with Crippen LogP contribution in [0.2, 0.25) is 10.0 Å². The molecule has 0 radical (unpaired) electrons. The summed E-state index contributed by atoms with van der Waals surface area (Å²) in [6.07, 6.45) is 1.68. The number of hydrogen-bond donors (Lipinski definition) is 0. The Balaban J connectivity index is 3.44. The van der Waals surface area contributed by atoms with Crippen LogP contribution < -0.4 is 0 Å². The van der Waals surface area contributed by atoms with Crippen LogP contribution in [0.3, 0.4) is 0 Å². The van der Waals surface area contributed by atoms with Crippen LogP contribution in [0.5, 0.6) is 0 Å². The molecule has 94 valence electrons. The molecule has 2 nitrogen and oxygen atoms in total. The first-order chi connectivity index (χ1) is 8.00. The van der Waals surface area contributed by atoms with Gasteiger partial charge in [0.2, 0.25) is 0 Å². The van der Waals surface area contributed by atoms with E-state index in [2.05, 4.69) is 0 Å². The van der Waals surface area contributed by atoms with Gasteiger partial charge in [0.05, 0.1) is 15.4 Å². The van der Waals surface area contributed by atoms with E-state index in [0.29, 0.717) is 20.9 Å². The zero-order valence-electron chi connectivity index (χ0n) is 9.12. The molecule has 0 heterocycles. The van der Waals surface area contributed by atoms with Crippen LogP contribution in [0.4, 0.5) is 0 Å². The van der Waals surface area contributed by atoms with Crippen LogP contribution >= 0.6 is 52.8 Å². The van der Waals surface area contributed by atoms with E-state index in [-0.39, 0.29) is 0 Å². The summed E-state index contributed by atoms with van der Waals surface area (Å²) in [5.41, 5.74) is 1.65. The smallest absolute Gasteiger partial charge is 0.288 e. The fourth-order valence-corrected chi connectivity index (χ4v) is 5.31. The molecule has 0 fully saturated rings. The van der Waals surface area contributed by atoms with Crippen molar-refractivity contribution in [1.82, 2.24) is 0 Å². The fourth-order valence-electron chi connectivity index (χ4n) is 1.26. The largest absolute Gasteiger partial charge is 0.321 e. The Morgan fingerprint density at radius 1 is 1.41 bits per heavy atom. The third-order valence-electron chi connectivity index (χ3n) is 2.10. The molecule has 0 bridgehead atoms. The lowest BCUT2D eigenvalue weighted by atomic mass is 10.2. The number of benzene rings is 1. The summed E-state index contributed by atoms with van der Waals surface area (Å²) in [5, 5.41) is 1.08. The zero-order valence-corrected chi connectivity index (χ0v) is 13.1. The topological polar surface area (TPSA) is 26.3 Å². The van der Waals surface area contributed by atoms with Gasteiger partial charge in [0.1, 0.15) is 0 Å². The van der Waals surface area contributed by atoms with Crippen LogP contribution in [0, 0.1) is 0 Å². The van der Waals surface area contributed by atoms with Gasteiger partial charge >= 0.3 is 0 Å². The van der Waals surface area contributed by atoms with Crippen molar-refractivity contribution in [3.05, 3.63) is 39.3 Å².